The van der Waals surface area contributed by atoms with E-state index in [1.807, 2.05) is 24.3 Å². The molecule has 0 aliphatic carbocycles. The van der Waals surface area contributed by atoms with Gasteiger partial charge in [-0.3, -0.25) is 0 Å². The average molecular weight is 346 g/mol. The smallest absolute Gasteiger partial charge is 0.210 e. The molecule has 4 nitrogen and oxygen atoms in total. The van der Waals surface area contributed by atoms with Gasteiger partial charge in [-0.05, 0) is 12.1 Å². The number of nitrogen functional groups attached to an aromatic ring is 1. The van der Waals surface area contributed by atoms with Crippen LogP contribution in [0, 0.1) is 0 Å². The highest BCUT2D eigenvalue weighted by Crippen LogP contribution is 2.28. The Bertz CT molecular complexity index is 584. The third kappa shape index (κ3) is 2.88. The molecule has 0 atom stereocenters. The number of thioether (sulfide) groups is 1. The fraction of sp³-hybridized carbons (Fsp3) is 0.0909. The largest absolute Gasteiger partial charge is 0.335 e. The molecule has 0 spiro atoms. The first-order valence-electron chi connectivity index (χ1n) is 5.01. The van der Waals surface area contributed by atoms with Crippen molar-refractivity contribution in [2.45, 2.75) is 5.16 Å². The van der Waals surface area contributed by atoms with Gasteiger partial charge in [0, 0.05) is 20.8 Å². The molecule has 7 heteroatoms. The third-order valence-corrected chi connectivity index (χ3v) is 4.15. The van der Waals surface area contributed by atoms with Gasteiger partial charge in [-0.2, -0.15) is 0 Å². The zero-order chi connectivity index (χ0) is 13.1. The predicted molar refractivity (Wildman–Crippen MR) is 79.0 cm³/mol. The molecule has 1 aromatic carbocycles. The summed E-state index contributed by atoms with van der Waals surface area (Å²) in [5.74, 6) is 7.12. The van der Waals surface area contributed by atoms with Crippen molar-refractivity contribution < 1.29 is 0 Å². The van der Waals surface area contributed by atoms with Crippen molar-refractivity contribution in [1.82, 2.24) is 14.9 Å². The Hall–Kier alpha value is -0.980. The Kier molecular flexibility index (Phi) is 4.31. The van der Waals surface area contributed by atoms with Gasteiger partial charge in [-0.15, -0.1) is 10.2 Å². The summed E-state index contributed by atoms with van der Waals surface area (Å²) in [5, 5.41) is 9.27. The van der Waals surface area contributed by atoms with Gasteiger partial charge in [0.25, 0.3) is 0 Å². The van der Waals surface area contributed by atoms with E-state index in [0.29, 0.717) is 21.8 Å². The highest BCUT2D eigenvalue weighted by molar-refractivity contribution is 9.10. The molecule has 94 valence electrons. The minimum atomic E-state index is 0.547. The molecule has 2 rings (SSSR count). The number of nitrogens with two attached hydrogens (primary N) is 1. The molecule has 0 amide bonds. The molecular formula is C11H10BrClN4S. The molecule has 0 fully saturated rings. The summed E-state index contributed by atoms with van der Waals surface area (Å²) in [7, 11) is 0. The minimum Gasteiger partial charge on any atom is -0.335 e. The molecule has 0 radical (unpaired) electrons. The van der Waals surface area contributed by atoms with Crippen molar-refractivity contribution in [3.05, 3.63) is 40.3 Å². The zero-order valence-corrected chi connectivity index (χ0v) is 12.5. The van der Waals surface area contributed by atoms with Gasteiger partial charge in [-0.1, -0.05) is 58.0 Å². The molecule has 1 heterocycles. The quantitative estimate of drug-likeness (QED) is 0.682. The molecule has 0 aliphatic rings. The Labute approximate surface area is 122 Å². The van der Waals surface area contributed by atoms with Gasteiger partial charge in [0.2, 0.25) is 5.16 Å². The van der Waals surface area contributed by atoms with Gasteiger partial charge in [0.15, 0.2) is 5.82 Å². The monoisotopic (exact) mass is 344 g/mol. The Morgan fingerprint density at radius 1 is 1.44 bits per heavy atom. The van der Waals surface area contributed by atoms with Crippen molar-refractivity contribution in [3.63, 3.8) is 0 Å². The lowest BCUT2D eigenvalue weighted by atomic mass is 10.2. The van der Waals surface area contributed by atoms with Crippen LogP contribution in [0.2, 0.25) is 0 Å². The predicted octanol–water partition coefficient (Wildman–Crippen LogP) is 3.27. The SMILES string of the molecule is C=C(Cl)CSc1nnc(-c2ccccc2Br)n1N. The highest BCUT2D eigenvalue weighted by Gasteiger charge is 2.14. The lowest BCUT2D eigenvalue weighted by molar-refractivity contribution is 0.851. The van der Waals surface area contributed by atoms with Crippen molar-refractivity contribution >= 4 is 39.3 Å². The number of aromatic nitrogens is 3. The number of rotatable bonds is 4. The maximum Gasteiger partial charge on any atom is 0.210 e. The highest BCUT2D eigenvalue weighted by atomic mass is 79.9. The summed E-state index contributed by atoms with van der Waals surface area (Å²) < 4.78 is 2.37. The molecule has 2 N–H and O–H groups in total. The van der Waals surface area contributed by atoms with E-state index in [1.165, 1.54) is 16.4 Å². The number of halogens is 2. The van der Waals surface area contributed by atoms with Gasteiger partial charge in [0.05, 0.1) is 0 Å². The van der Waals surface area contributed by atoms with E-state index in [4.69, 9.17) is 17.4 Å². The second-order valence-electron chi connectivity index (χ2n) is 3.46. The Morgan fingerprint density at radius 3 is 2.83 bits per heavy atom. The van der Waals surface area contributed by atoms with Crippen LogP contribution in [-0.2, 0) is 0 Å². The molecule has 2 aromatic rings. The van der Waals surface area contributed by atoms with Crippen molar-refractivity contribution in [2.24, 2.45) is 0 Å². The van der Waals surface area contributed by atoms with E-state index in [2.05, 4.69) is 32.7 Å². The molecular weight excluding hydrogens is 336 g/mol. The fourth-order valence-electron chi connectivity index (χ4n) is 1.34. The summed E-state index contributed by atoms with van der Waals surface area (Å²) in [6.45, 7) is 3.62. The lowest BCUT2D eigenvalue weighted by Crippen LogP contribution is -2.11. The number of nitrogens with zero attached hydrogens (tertiary/aromatic N) is 3. The van der Waals surface area contributed by atoms with Crippen molar-refractivity contribution in [1.29, 1.82) is 0 Å². The van der Waals surface area contributed by atoms with E-state index in [-0.39, 0.29) is 0 Å². The van der Waals surface area contributed by atoms with Gasteiger partial charge < -0.3 is 5.84 Å². The van der Waals surface area contributed by atoms with E-state index >= 15 is 0 Å². The first-order valence-corrected chi connectivity index (χ1v) is 7.16. The van der Waals surface area contributed by atoms with Crippen LogP contribution in [0.5, 0.6) is 0 Å². The molecule has 0 bridgehead atoms. The summed E-state index contributed by atoms with van der Waals surface area (Å²) in [5.41, 5.74) is 0.893. The maximum absolute atomic E-state index is 5.97. The van der Waals surface area contributed by atoms with Crippen LogP contribution < -0.4 is 5.84 Å². The third-order valence-electron chi connectivity index (χ3n) is 2.14. The molecule has 18 heavy (non-hydrogen) atoms. The second-order valence-corrected chi connectivity index (χ2v) is 5.79. The second kappa shape index (κ2) is 5.77. The normalized spacial score (nSPS) is 10.6. The molecule has 0 saturated heterocycles. The number of benzene rings is 1. The van der Waals surface area contributed by atoms with Crippen molar-refractivity contribution in [2.75, 3.05) is 11.6 Å². The van der Waals surface area contributed by atoms with Crippen LogP contribution in [0.1, 0.15) is 0 Å². The Balaban J connectivity index is 2.31. The van der Waals surface area contributed by atoms with Gasteiger partial charge >= 0.3 is 0 Å². The topological polar surface area (TPSA) is 56.7 Å². The standard InChI is InChI=1S/C11H10BrClN4S/c1-7(13)6-18-11-16-15-10(17(11)14)8-4-2-3-5-9(8)12/h2-5H,1,6,14H2. The molecule has 1 aromatic heterocycles. The van der Waals surface area contributed by atoms with E-state index in [9.17, 15) is 0 Å². The minimum absolute atomic E-state index is 0.547. The van der Waals surface area contributed by atoms with E-state index in [1.54, 1.807) is 0 Å². The van der Waals surface area contributed by atoms with Crippen LogP contribution in [0.3, 0.4) is 0 Å². The fourth-order valence-corrected chi connectivity index (χ4v) is 2.58. The molecule has 0 unspecified atom stereocenters. The van der Waals surface area contributed by atoms with E-state index < -0.39 is 0 Å². The zero-order valence-electron chi connectivity index (χ0n) is 9.31. The van der Waals surface area contributed by atoms with Crippen molar-refractivity contribution in [3.8, 4) is 11.4 Å². The van der Waals surface area contributed by atoms with Crippen LogP contribution in [0.15, 0.2) is 45.5 Å². The van der Waals surface area contributed by atoms with Crippen LogP contribution in [-0.4, -0.2) is 20.6 Å². The first-order chi connectivity index (χ1) is 8.59. The summed E-state index contributed by atoms with van der Waals surface area (Å²) in [4.78, 5) is 0. The number of hydrogen-bond acceptors (Lipinski definition) is 4. The van der Waals surface area contributed by atoms with Crippen LogP contribution in [0.25, 0.3) is 11.4 Å². The number of hydrogen-bond donors (Lipinski definition) is 1. The van der Waals surface area contributed by atoms with Crippen LogP contribution >= 0.6 is 39.3 Å². The maximum atomic E-state index is 5.97. The molecule has 0 aliphatic heterocycles. The summed E-state index contributed by atoms with van der Waals surface area (Å²) in [6, 6.07) is 7.70. The Morgan fingerprint density at radius 2 is 2.17 bits per heavy atom. The first kappa shape index (κ1) is 13.5. The average Bonchev–Trinajstić information content (AvgIpc) is 2.69. The van der Waals surface area contributed by atoms with Gasteiger partial charge in [0.1, 0.15) is 0 Å². The molecule has 0 saturated carbocycles. The van der Waals surface area contributed by atoms with Gasteiger partial charge in [-0.25, -0.2) is 4.68 Å². The van der Waals surface area contributed by atoms with Crippen LogP contribution in [0.4, 0.5) is 0 Å². The summed E-state index contributed by atoms with van der Waals surface area (Å²) in [6.07, 6.45) is 0. The lowest BCUT2D eigenvalue weighted by Gasteiger charge is -2.04. The van der Waals surface area contributed by atoms with E-state index in [0.717, 1.165) is 10.0 Å². The summed E-state index contributed by atoms with van der Waals surface area (Å²) >= 11 is 10.6.